The topological polar surface area (TPSA) is 91.1 Å². The molecule has 7 heteroatoms. The van der Waals surface area contributed by atoms with Gasteiger partial charge in [0.15, 0.2) is 12.0 Å². The molecule has 0 bridgehead atoms. The summed E-state index contributed by atoms with van der Waals surface area (Å²) in [5.41, 5.74) is 3.25. The van der Waals surface area contributed by atoms with E-state index >= 15 is 0 Å². The zero-order chi connectivity index (χ0) is 22.8. The summed E-state index contributed by atoms with van der Waals surface area (Å²) in [5, 5.41) is 24.0. The number of amides is 1. The van der Waals surface area contributed by atoms with Gasteiger partial charge in [-0.15, -0.1) is 21.6 Å². The van der Waals surface area contributed by atoms with Crippen LogP contribution in [0.3, 0.4) is 0 Å². The first-order valence-electron chi connectivity index (χ1n) is 9.98. The van der Waals surface area contributed by atoms with E-state index in [1.165, 1.54) is 11.3 Å². The minimum Gasteiger partial charge on any atom is -0.505 e. The van der Waals surface area contributed by atoms with E-state index in [0.717, 1.165) is 27.7 Å². The number of hydrogen-bond acceptors (Lipinski definition) is 6. The van der Waals surface area contributed by atoms with Gasteiger partial charge in [0.05, 0.1) is 11.1 Å². The third-order valence-corrected chi connectivity index (χ3v) is 6.39. The van der Waals surface area contributed by atoms with E-state index in [-0.39, 0.29) is 17.0 Å². The molecule has 6 nitrogen and oxygen atoms in total. The number of aromatic hydroxyl groups is 1. The summed E-state index contributed by atoms with van der Waals surface area (Å²) in [4.78, 5) is 25.6. The number of thiophene rings is 1. The standard InChI is InChI=1S/C25H21N3O3S/c1-14-7-6-9-18(11-14)26-24(31)22-19-10-5-4-8-17(19)12-21(23(22)30)27-28-25-20(13-29)15(2)16(3)32-25/h4-13,30H,1-3H3,(H,26,31). The molecule has 0 aliphatic carbocycles. The Kier molecular flexibility index (Phi) is 5.83. The van der Waals surface area contributed by atoms with Gasteiger partial charge in [0.2, 0.25) is 0 Å². The van der Waals surface area contributed by atoms with Crippen molar-refractivity contribution in [1.29, 1.82) is 0 Å². The molecule has 0 saturated carbocycles. The van der Waals surface area contributed by atoms with Crippen molar-refractivity contribution in [2.45, 2.75) is 20.8 Å². The summed E-state index contributed by atoms with van der Waals surface area (Å²) in [5.74, 6) is -0.715. The predicted octanol–water partition coefficient (Wildman–Crippen LogP) is 7.01. The van der Waals surface area contributed by atoms with Crippen molar-refractivity contribution in [3.05, 3.63) is 81.7 Å². The fourth-order valence-electron chi connectivity index (χ4n) is 3.48. The molecule has 0 spiro atoms. The van der Waals surface area contributed by atoms with Crippen LogP contribution >= 0.6 is 11.3 Å². The van der Waals surface area contributed by atoms with Crippen molar-refractivity contribution < 1.29 is 14.7 Å². The second kappa shape index (κ2) is 8.72. The number of aldehydes is 1. The number of phenols is 1. The van der Waals surface area contributed by atoms with Crippen LogP contribution in [0.1, 0.15) is 36.7 Å². The Morgan fingerprint density at radius 2 is 1.81 bits per heavy atom. The highest BCUT2D eigenvalue weighted by Crippen LogP contribution is 2.40. The SMILES string of the molecule is Cc1cccc(NC(=O)c2c(O)c(N=Nc3sc(C)c(C)c3C=O)cc3ccccc23)c1. The molecule has 4 rings (SSSR count). The van der Waals surface area contributed by atoms with E-state index < -0.39 is 5.91 Å². The fourth-order valence-corrected chi connectivity index (χ4v) is 4.43. The fraction of sp³-hybridized carbons (Fsp3) is 0.120. The summed E-state index contributed by atoms with van der Waals surface area (Å²) in [6.45, 7) is 5.70. The molecule has 32 heavy (non-hydrogen) atoms. The Balaban J connectivity index is 1.80. The Hall–Kier alpha value is -3.84. The number of anilines is 1. The van der Waals surface area contributed by atoms with Gasteiger partial charge in [-0.3, -0.25) is 9.59 Å². The lowest BCUT2D eigenvalue weighted by Gasteiger charge is -2.12. The summed E-state index contributed by atoms with van der Waals surface area (Å²) in [7, 11) is 0. The number of carbonyl (C=O) groups excluding carboxylic acids is 2. The van der Waals surface area contributed by atoms with Crippen LogP contribution in [-0.4, -0.2) is 17.3 Å². The van der Waals surface area contributed by atoms with Crippen molar-refractivity contribution in [3.63, 3.8) is 0 Å². The normalized spacial score (nSPS) is 11.2. The summed E-state index contributed by atoms with van der Waals surface area (Å²) < 4.78 is 0. The van der Waals surface area contributed by atoms with E-state index in [4.69, 9.17) is 0 Å². The molecule has 3 aromatic carbocycles. The van der Waals surface area contributed by atoms with Crippen LogP contribution in [0.25, 0.3) is 10.8 Å². The molecule has 160 valence electrons. The minimum absolute atomic E-state index is 0.118. The second-order valence-electron chi connectivity index (χ2n) is 7.48. The first-order valence-corrected chi connectivity index (χ1v) is 10.8. The Morgan fingerprint density at radius 3 is 2.56 bits per heavy atom. The third-order valence-electron chi connectivity index (χ3n) is 5.28. The van der Waals surface area contributed by atoms with Gasteiger partial charge < -0.3 is 10.4 Å². The smallest absolute Gasteiger partial charge is 0.260 e. The van der Waals surface area contributed by atoms with E-state index in [1.54, 1.807) is 24.3 Å². The Labute approximate surface area is 189 Å². The number of hydrogen-bond donors (Lipinski definition) is 2. The van der Waals surface area contributed by atoms with Gasteiger partial charge >= 0.3 is 0 Å². The second-order valence-corrected chi connectivity index (χ2v) is 8.69. The molecule has 0 fully saturated rings. The van der Waals surface area contributed by atoms with Crippen LogP contribution in [0.5, 0.6) is 5.75 Å². The highest BCUT2D eigenvalue weighted by atomic mass is 32.1. The van der Waals surface area contributed by atoms with Gasteiger partial charge in [-0.05, 0) is 60.9 Å². The number of rotatable bonds is 5. The van der Waals surface area contributed by atoms with Gasteiger partial charge in [-0.2, -0.15) is 0 Å². The maximum absolute atomic E-state index is 13.1. The zero-order valence-electron chi connectivity index (χ0n) is 17.8. The molecule has 0 aliphatic heterocycles. The molecule has 0 saturated heterocycles. The van der Waals surface area contributed by atoms with Crippen LogP contribution in [-0.2, 0) is 0 Å². The van der Waals surface area contributed by atoms with E-state index in [0.29, 0.717) is 21.6 Å². The Morgan fingerprint density at radius 1 is 1.03 bits per heavy atom. The van der Waals surface area contributed by atoms with Crippen molar-refractivity contribution >= 4 is 50.7 Å². The van der Waals surface area contributed by atoms with Crippen LogP contribution in [0.15, 0.2) is 64.8 Å². The lowest BCUT2D eigenvalue weighted by Crippen LogP contribution is -2.12. The van der Waals surface area contributed by atoms with E-state index in [1.807, 2.05) is 51.1 Å². The number of nitrogens with one attached hydrogen (secondary N) is 1. The average molecular weight is 444 g/mol. The number of azo groups is 1. The van der Waals surface area contributed by atoms with Crippen molar-refractivity contribution in [3.8, 4) is 5.75 Å². The Bertz CT molecular complexity index is 1390. The van der Waals surface area contributed by atoms with Crippen LogP contribution in [0.2, 0.25) is 0 Å². The van der Waals surface area contributed by atoms with E-state index in [9.17, 15) is 14.7 Å². The number of benzene rings is 3. The molecular formula is C25H21N3O3S. The molecule has 0 atom stereocenters. The van der Waals surface area contributed by atoms with Crippen LogP contribution < -0.4 is 5.32 Å². The molecule has 1 heterocycles. The average Bonchev–Trinajstić information content (AvgIpc) is 3.04. The summed E-state index contributed by atoms with van der Waals surface area (Å²) in [6, 6.07) is 16.4. The molecule has 0 aliphatic rings. The van der Waals surface area contributed by atoms with Gasteiger partial charge in [0, 0.05) is 10.6 Å². The monoisotopic (exact) mass is 443 g/mol. The predicted molar refractivity (Wildman–Crippen MR) is 128 cm³/mol. The lowest BCUT2D eigenvalue weighted by molar-refractivity contribution is 0.102. The largest absolute Gasteiger partial charge is 0.505 e. The number of aryl methyl sites for hydroxylation is 2. The number of phenolic OH excluding ortho intramolecular Hbond substituents is 1. The lowest BCUT2D eigenvalue weighted by atomic mass is 10.0. The highest BCUT2D eigenvalue weighted by Gasteiger charge is 2.20. The van der Waals surface area contributed by atoms with Crippen molar-refractivity contribution in [1.82, 2.24) is 0 Å². The molecule has 4 aromatic rings. The van der Waals surface area contributed by atoms with Gasteiger partial charge in [0.25, 0.3) is 5.91 Å². The van der Waals surface area contributed by atoms with Crippen molar-refractivity contribution in [2.24, 2.45) is 10.2 Å². The van der Waals surface area contributed by atoms with Gasteiger partial charge in [-0.1, -0.05) is 36.4 Å². The first kappa shape index (κ1) is 21.4. The first-order chi connectivity index (χ1) is 15.4. The molecular weight excluding hydrogens is 422 g/mol. The minimum atomic E-state index is -0.447. The molecule has 1 amide bonds. The number of carbonyl (C=O) groups is 2. The van der Waals surface area contributed by atoms with Crippen LogP contribution in [0.4, 0.5) is 16.4 Å². The van der Waals surface area contributed by atoms with Gasteiger partial charge in [-0.25, -0.2) is 0 Å². The number of nitrogens with zero attached hydrogens (tertiary/aromatic N) is 2. The van der Waals surface area contributed by atoms with Crippen molar-refractivity contribution in [2.75, 3.05) is 5.32 Å². The number of fused-ring (bicyclic) bond motifs is 1. The third kappa shape index (κ3) is 4.02. The van der Waals surface area contributed by atoms with E-state index in [2.05, 4.69) is 15.5 Å². The summed E-state index contributed by atoms with van der Waals surface area (Å²) in [6.07, 6.45) is 0.758. The summed E-state index contributed by atoms with van der Waals surface area (Å²) >= 11 is 1.36. The van der Waals surface area contributed by atoms with Gasteiger partial charge in [0.1, 0.15) is 10.7 Å². The zero-order valence-corrected chi connectivity index (χ0v) is 18.7. The molecule has 2 N–H and O–H groups in total. The molecule has 1 aromatic heterocycles. The van der Waals surface area contributed by atoms with Crippen LogP contribution in [0, 0.1) is 20.8 Å². The highest BCUT2D eigenvalue weighted by molar-refractivity contribution is 7.16. The molecule has 0 radical (unpaired) electrons. The maximum atomic E-state index is 13.1. The molecule has 0 unspecified atom stereocenters. The quantitative estimate of drug-likeness (QED) is 0.257. The maximum Gasteiger partial charge on any atom is 0.260 e.